The molecule has 2 atom stereocenters. The van der Waals surface area contributed by atoms with E-state index in [2.05, 4.69) is 20.6 Å². The number of hydrogen-bond acceptors (Lipinski definition) is 5. The molecule has 10 nitrogen and oxygen atoms in total. The van der Waals surface area contributed by atoms with Gasteiger partial charge >= 0.3 is 0 Å². The lowest BCUT2D eigenvalue weighted by molar-refractivity contribution is -0.142. The largest absolute Gasteiger partial charge is 0.368 e. The van der Waals surface area contributed by atoms with Gasteiger partial charge in [0, 0.05) is 31.8 Å². The maximum Gasteiger partial charge on any atom is 0.246 e. The van der Waals surface area contributed by atoms with Crippen LogP contribution in [0.2, 0.25) is 0 Å². The summed E-state index contributed by atoms with van der Waals surface area (Å²) >= 11 is 0. The van der Waals surface area contributed by atoms with Gasteiger partial charge in [-0.3, -0.25) is 19.2 Å². The number of amides is 4. The third-order valence-electron chi connectivity index (χ3n) is 3.98. The van der Waals surface area contributed by atoms with Crippen molar-refractivity contribution < 1.29 is 19.2 Å². The summed E-state index contributed by atoms with van der Waals surface area (Å²) in [6.07, 6.45) is 4.14. The fraction of sp³-hybridized carbons (Fsp3) is 0.588. The smallest absolute Gasteiger partial charge is 0.246 e. The van der Waals surface area contributed by atoms with Crippen molar-refractivity contribution in [2.45, 2.75) is 52.1 Å². The van der Waals surface area contributed by atoms with Crippen LogP contribution in [-0.2, 0) is 25.6 Å². The highest BCUT2D eigenvalue weighted by atomic mass is 16.2. The standard InChI is InChI=1S/C17H28N6O4/c1-4-8-23(11(3)16(18)26)17(27)12(9-13-19-6-7-20-13)22-15(25)10-21-14(24)5-2/h6-7,11-12H,4-5,8-10H2,1-3H3,(H2,18,26)(H,19,20)(H,21,24)(H,22,25). The van der Waals surface area contributed by atoms with Gasteiger partial charge in [0.25, 0.3) is 0 Å². The van der Waals surface area contributed by atoms with Crippen LogP contribution >= 0.6 is 0 Å². The number of nitrogens with zero attached hydrogens (tertiary/aromatic N) is 2. The van der Waals surface area contributed by atoms with Gasteiger partial charge in [0.05, 0.1) is 6.54 Å². The molecular weight excluding hydrogens is 352 g/mol. The van der Waals surface area contributed by atoms with E-state index >= 15 is 0 Å². The van der Waals surface area contributed by atoms with Gasteiger partial charge in [-0.25, -0.2) is 4.98 Å². The lowest BCUT2D eigenvalue weighted by Crippen LogP contribution is -2.56. The van der Waals surface area contributed by atoms with Crippen molar-refractivity contribution in [3.8, 4) is 0 Å². The number of carbonyl (C=O) groups is 4. The van der Waals surface area contributed by atoms with Crippen LogP contribution in [0.4, 0.5) is 0 Å². The fourth-order valence-electron chi connectivity index (χ4n) is 2.44. The number of rotatable bonds is 11. The van der Waals surface area contributed by atoms with Crippen LogP contribution in [0.15, 0.2) is 12.4 Å². The predicted octanol–water partition coefficient (Wildman–Crippen LogP) is -0.924. The highest BCUT2D eigenvalue weighted by Crippen LogP contribution is 2.08. The summed E-state index contributed by atoms with van der Waals surface area (Å²) in [5.41, 5.74) is 5.35. The highest BCUT2D eigenvalue weighted by molar-refractivity contribution is 5.92. The second kappa shape index (κ2) is 10.9. The van der Waals surface area contributed by atoms with Crippen molar-refractivity contribution in [1.82, 2.24) is 25.5 Å². The van der Waals surface area contributed by atoms with Crippen LogP contribution in [0.3, 0.4) is 0 Å². The van der Waals surface area contributed by atoms with Crippen LogP contribution in [-0.4, -0.2) is 63.7 Å². The van der Waals surface area contributed by atoms with E-state index in [-0.39, 0.29) is 25.3 Å². The van der Waals surface area contributed by atoms with Gasteiger partial charge in [0.1, 0.15) is 17.9 Å². The Hall–Kier alpha value is -2.91. The first kappa shape index (κ1) is 22.1. The Morgan fingerprint density at radius 2 is 1.96 bits per heavy atom. The third kappa shape index (κ3) is 7.08. The number of imidazole rings is 1. The summed E-state index contributed by atoms with van der Waals surface area (Å²) in [6, 6.07) is -1.76. The summed E-state index contributed by atoms with van der Waals surface area (Å²) in [6.45, 7) is 5.16. The molecule has 150 valence electrons. The van der Waals surface area contributed by atoms with E-state index in [4.69, 9.17) is 5.73 Å². The molecule has 1 rings (SSSR count). The zero-order chi connectivity index (χ0) is 20.4. The molecule has 4 amide bonds. The van der Waals surface area contributed by atoms with Crippen LogP contribution < -0.4 is 16.4 Å². The summed E-state index contributed by atoms with van der Waals surface area (Å²) in [5.74, 6) is -1.34. The minimum atomic E-state index is -0.949. The van der Waals surface area contributed by atoms with Gasteiger partial charge in [0.15, 0.2) is 0 Å². The molecular formula is C17H28N6O4. The molecule has 2 unspecified atom stereocenters. The SMILES string of the molecule is CCCN(C(=O)C(Cc1ncc[nH]1)NC(=O)CNC(=O)CC)C(C)C(N)=O. The quantitative estimate of drug-likeness (QED) is 0.391. The molecule has 1 aromatic heterocycles. The number of nitrogens with one attached hydrogen (secondary N) is 3. The molecule has 0 aliphatic heterocycles. The normalized spacial score (nSPS) is 12.7. The Morgan fingerprint density at radius 3 is 2.48 bits per heavy atom. The van der Waals surface area contributed by atoms with Gasteiger partial charge < -0.3 is 26.3 Å². The van der Waals surface area contributed by atoms with Crippen LogP contribution in [0.1, 0.15) is 39.4 Å². The maximum absolute atomic E-state index is 13.0. The lowest BCUT2D eigenvalue weighted by atomic mass is 10.1. The first-order valence-corrected chi connectivity index (χ1v) is 8.94. The van der Waals surface area contributed by atoms with E-state index in [0.29, 0.717) is 18.8 Å². The van der Waals surface area contributed by atoms with Gasteiger partial charge in [-0.05, 0) is 13.3 Å². The summed E-state index contributed by atoms with van der Waals surface area (Å²) in [4.78, 5) is 56.4. The van der Waals surface area contributed by atoms with Crippen molar-refractivity contribution in [1.29, 1.82) is 0 Å². The van der Waals surface area contributed by atoms with Gasteiger partial charge in [-0.15, -0.1) is 0 Å². The first-order valence-electron chi connectivity index (χ1n) is 8.94. The van der Waals surface area contributed by atoms with Crippen LogP contribution in [0.5, 0.6) is 0 Å². The zero-order valence-corrected chi connectivity index (χ0v) is 15.9. The van der Waals surface area contributed by atoms with Crippen molar-refractivity contribution in [2.75, 3.05) is 13.1 Å². The van der Waals surface area contributed by atoms with Crippen molar-refractivity contribution in [3.05, 3.63) is 18.2 Å². The molecule has 0 radical (unpaired) electrons. The summed E-state index contributed by atoms with van der Waals surface area (Å²) in [7, 11) is 0. The van der Waals surface area contributed by atoms with Gasteiger partial charge in [-0.1, -0.05) is 13.8 Å². The van der Waals surface area contributed by atoms with Gasteiger partial charge in [-0.2, -0.15) is 0 Å². The molecule has 0 bridgehead atoms. The monoisotopic (exact) mass is 380 g/mol. The Kier molecular flexibility index (Phi) is 8.97. The summed E-state index contributed by atoms with van der Waals surface area (Å²) < 4.78 is 0. The number of carbonyl (C=O) groups excluding carboxylic acids is 4. The Morgan fingerprint density at radius 1 is 1.26 bits per heavy atom. The fourth-order valence-corrected chi connectivity index (χ4v) is 2.44. The number of aromatic nitrogens is 2. The van der Waals surface area contributed by atoms with E-state index in [9.17, 15) is 19.2 Å². The minimum Gasteiger partial charge on any atom is -0.368 e. The molecule has 0 aliphatic rings. The molecule has 27 heavy (non-hydrogen) atoms. The minimum absolute atomic E-state index is 0.116. The lowest BCUT2D eigenvalue weighted by Gasteiger charge is -2.30. The molecule has 0 saturated carbocycles. The van der Waals surface area contributed by atoms with E-state index in [1.165, 1.54) is 11.1 Å². The Bertz CT molecular complexity index is 646. The molecule has 0 spiro atoms. The predicted molar refractivity (Wildman–Crippen MR) is 98.2 cm³/mol. The Balaban J connectivity index is 2.94. The highest BCUT2D eigenvalue weighted by Gasteiger charge is 2.31. The summed E-state index contributed by atoms with van der Waals surface area (Å²) in [5, 5.41) is 5.07. The molecule has 0 saturated heterocycles. The average Bonchev–Trinajstić information content (AvgIpc) is 3.15. The zero-order valence-electron chi connectivity index (χ0n) is 15.9. The van der Waals surface area contributed by atoms with E-state index < -0.39 is 29.8 Å². The van der Waals surface area contributed by atoms with Crippen molar-refractivity contribution >= 4 is 23.6 Å². The number of primary amides is 1. The van der Waals surface area contributed by atoms with E-state index in [1.54, 1.807) is 20.0 Å². The van der Waals surface area contributed by atoms with Crippen molar-refractivity contribution in [2.24, 2.45) is 5.73 Å². The first-order chi connectivity index (χ1) is 12.8. The molecule has 1 aromatic rings. The second-order valence-electron chi connectivity index (χ2n) is 6.10. The molecule has 5 N–H and O–H groups in total. The molecule has 0 aromatic carbocycles. The van der Waals surface area contributed by atoms with Crippen molar-refractivity contribution in [3.63, 3.8) is 0 Å². The Labute approximate surface area is 158 Å². The number of H-pyrrole nitrogens is 1. The molecule has 0 fully saturated rings. The van der Waals surface area contributed by atoms with E-state index in [0.717, 1.165) is 0 Å². The third-order valence-corrected chi connectivity index (χ3v) is 3.98. The molecule has 1 heterocycles. The molecule has 10 heteroatoms. The number of nitrogens with two attached hydrogens (primary N) is 1. The second-order valence-corrected chi connectivity index (χ2v) is 6.10. The maximum atomic E-state index is 13.0. The average molecular weight is 380 g/mol. The van der Waals surface area contributed by atoms with Crippen LogP contribution in [0, 0.1) is 0 Å². The van der Waals surface area contributed by atoms with E-state index in [1.807, 2.05) is 6.92 Å². The number of hydrogen-bond donors (Lipinski definition) is 4. The molecule has 0 aliphatic carbocycles. The number of aromatic amines is 1. The van der Waals surface area contributed by atoms with Crippen LogP contribution in [0.25, 0.3) is 0 Å². The topological polar surface area (TPSA) is 150 Å². The van der Waals surface area contributed by atoms with Gasteiger partial charge in [0.2, 0.25) is 23.6 Å².